The lowest BCUT2D eigenvalue weighted by molar-refractivity contribution is -0.140. The average Bonchev–Trinajstić information content (AvgIpc) is 2.69. The van der Waals surface area contributed by atoms with Gasteiger partial charge in [-0.1, -0.05) is 29.3 Å². The SMILES string of the molecule is O=C(O)CC(NC(=O)Cn1cccc(NC(=O)c2c(Cl)cccc2Cl)c1=O)C(=O)CF. The number of benzene rings is 1. The Morgan fingerprint density at radius 3 is 2.32 bits per heavy atom. The molecule has 0 saturated carbocycles. The van der Waals surface area contributed by atoms with Gasteiger partial charge in [0.15, 0.2) is 5.78 Å². The summed E-state index contributed by atoms with van der Waals surface area (Å²) in [5.41, 5.74) is -0.987. The highest BCUT2D eigenvalue weighted by atomic mass is 35.5. The molecule has 1 unspecified atom stereocenters. The number of nitrogens with one attached hydrogen (secondary N) is 2. The highest BCUT2D eigenvalue weighted by Gasteiger charge is 2.24. The molecule has 0 spiro atoms. The molecule has 0 aliphatic rings. The highest BCUT2D eigenvalue weighted by molar-refractivity contribution is 6.40. The molecular weight excluding hydrogens is 456 g/mol. The molecule has 0 saturated heterocycles. The van der Waals surface area contributed by atoms with Crippen molar-refractivity contribution in [1.82, 2.24) is 9.88 Å². The number of carboxylic acids is 1. The third-order valence-electron chi connectivity index (χ3n) is 4.01. The lowest BCUT2D eigenvalue weighted by Gasteiger charge is -2.15. The minimum absolute atomic E-state index is 0.0420. The Morgan fingerprint density at radius 1 is 1.10 bits per heavy atom. The van der Waals surface area contributed by atoms with Crippen molar-refractivity contribution < 1.29 is 28.7 Å². The summed E-state index contributed by atoms with van der Waals surface area (Å²) in [5, 5.41) is 13.4. The number of aliphatic carboxylic acids is 1. The number of Topliss-reactive ketones (excluding diaryl/α,β-unsaturated/α-hetero) is 1. The van der Waals surface area contributed by atoms with E-state index in [1.165, 1.54) is 30.5 Å². The highest BCUT2D eigenvalue weighted by Crippen LogP contribution is 2.24. The van der Waals surface area contributed by atoms with Gasteiger partial charge in [-0.3, -0.25) is 24.0 Å². The Kier molecular flexibility index (Phi) is 8.29. The monoisotopic (exact) mass is 471 g/mol. The zero-order valence-corrected chi connectivity index (χ0v) is 17.2. The summed E-state index contributed by atoms with van der Waals surface area (Å²) < 4.78 is 13.5. The first-order valence-corrected chi connectivity index (χ1v) is 9.44. The minimum Gasteiger partial charge on any atom is -0.481 e. The van der Waals surface area contributed by atoms with Crippen molar-refractivity contribution in [3.63, 3.8) is 0 Å². The van der Waals surface area contributed by atoms with Crippen LogP contribution < -0.4 is 16.2 Å². The Hall–Kier alpha value is -3.24. The summed E-state index contributed by atoms with van der Waals surface area (Å²) in [5.74, 6) is -4.16. The number of carboxylic acid groups (broad SMARTS) is 1. The number of pyridine rings is 1. The molecular formula is C19H16Cl2FN3O6. The molecule has 31 heavy (non-hydrogen) atoms. The number of hydrogen-bond acceptors (Lipinski definition) is 5. The topological polar surface area (TPSA) is 135 Å². The van der Waals surface area contributed by atoms with E-state index >= 15 is 0 Å². The zero-order valence-electron chi connectivity index (χ0n) is 15.7. The smallest absolute Gasteiger partial charge is 0.305 e. The third-order valence-corrected chi connectivity index (χ3v) is 4.64. The number of nitrogens with zero attached hydrogens (tertiary/aromatic N) is 1. The number of carbonyl (C=O) groups excluding carboxylic acids is 3. The van der Waals surface area contributed by atoms with E-state index < -0.39 is 54.8 Å². The normalized spacial score (nSPS) is 11.5. The van der Waals surface area contributed by atoms with Crippen LogP contribution in [0.15, 0.2) is 41.3 Å². The molecule has 1 aromatic carbocycles. The van der Waals surface area contributed by atoms with Crippen molar-refractivity contribution in [3.05, 3.63) is 62.5 Å². The third kappa shape index (κ3) is 6.37. The van der Waals surface area contributed by atoms with E-state index in [1.54, 1.807) is 6.07 Å². The van der Waals surface area contributed by atoms with Crippen LogP contribution >= 0.6 is 23.2 Å². The molecule has 2 rings (SSSR count). The predicted molar refractivity (Wildman–Crippen MR) is 110 cm³/mol. The molecule has 9 nitrogen and oxygen atoms in total. The van der Waals surface area contributed by atoms with E-state index in [0.29, 0.717) is 0 Å². The number of amides is 2. The largest absolute Gasteiger partial charge is 0.481 e. The number of halogens is 3. The van der Waals surface area contributed by atoms with Crippen LogP contribution in [-0.4, -0.2) is 46.0 Å². The van der Waals surface area contributed by atoms with Gasteiger partial charge in [0.2, 0.25) is 5.91 Å². The molecule has 2 aromatic rings. The standard InChI is InChI=1S/C19H16Cl2FN3O6/c20-10-3-1-4-11(21)17(10)18(30)24-12-5-2-6-25(19(12)31)9-15(27)23-13(7-16(28)29)14(26)8-22/h1-6,13H,7-9H2,(H,23,27)(H,24,30)(H,28,29). The van der Waals surface area contributed by atoms with Gasteiger partial charge in [0.25, 0.3) is 11.5 Å². The van der Waals surface area contributed by atoms with Crippen molar-refractivity contribution in [2.24, 2.45) is 0 Å². The number of rotatable bonds is 9. The van der Waals surface area contributed by atoms with E-state index in [2.05, 4.69) is 10.6 Å². The van der Waals surface area contributed by atoms with Gasteiger partial charge < -0.3 is 20.3 Å². The number of aromatic nitrogens is 1. The maximum atomic E-state index is 12.6. The molecule has 2 amide bonds. The Bertz CT molecular complexity index is 1070. The second-order valence-electron chi connectivity index (χ2n) is 6.22. The fourth-order valence-corrected chi connectivity index (χ4v) is 3.13. The molecule has 3 N–H and O–H groups in total. The first-order chi connectivity index (χ1) is 14.6. The summed E-state index contributed by atoms with van der Waals surface area (Å²) in [7, 11) is 0. The average molecular weight is 472 g/mol. The van der Waals surface area contributed by atoms with Crippen molar-refractivity contribution in [1.29, 1.82) is 0 Å². The van der Waals surface area contributed by atoms with Crippen LogP contribution in [0.4, 0.5) is 10.1 Å². The zero-order chi connectivity index (χ0) is 23.1. The second-order valence-corrected chi connectivity index (χ2v) is 7.04. The Balaban J connectivity index is 2.18. The molecule has 1 heterocycles. The maximum absolute atomic E-state index is 12.6. The summed E-state index contributed by atoms with van der Waals surface area (Å²) >= 11 is 11.9. The Labute approximate surface area is 184 Å². The van der Waals surface area contributed by atoms with Crippen molar-refractivity contribution in [2.45, 2.75) is 19.0 Å². The first kappa shape index (κ1) is 24.0. The number of carbonyl (C=O) groups is 4. The first-order valence-electron chi connectivity index (χ1n) is 8.68. The summed E-state index contributed by atoms with van der Waals surface area (Å²) in [6.45, 7) is -2.06. The molecule has 0 aliphatic heterocycles. The summed E-state index contributed by atoms with van der Waals surface area (Å²) in [4.78, 5) is 59.5. The van der Waals surface area contributed by atoms with Gasteiger partial charge >= 0.3 is 5.97 Å². The van der Waals surface area contributed by atoms with Gasteiger partial charge in [0.05, 0.1) is 22.0 Å². The number of alkyl halides is 1. The second kappa shape index (κ2) is 10.7. The van der Waals surface area contributed by atoms with Crippen LogP contribution in [0.3, 0.4) is 0 Å². The molecule has 164 valence electrons. The van der Waals surface area contributed by atoms with Crippen molar-refractivity contribution in [3.8, 4) is 0 Å². The van der Waals surface area contributed by atoms with Gasteiger partial charge in [0, 0.05) is 6.20 Å². The predicted octanol–water partition coefficient (Wildman–Crippen LogP) is 1.91. The molecule has 1 aromatic heterocycles. The van der Waals surface area contributed by atoms with E-state index in [1.807, 2.05) is 0 Å². The van der Waals surface area contributed by atoms with Gasteiger partial charge in [-0.05, 0) is 24.3 Å². The molecule has 0 fully saturated rings. The Morgan fingerprint density at radius 2 is 1.74 bits per heavy atom. The maximum Gasteiger partial charge on any atom is 0.305 e. The van der Waals surface area contributed by atoms with Crippen LogP contribution in [0, 0.1) is 0 Å². The van der Waals surface area contributed by atoms with Crippen LogP contribution in [0.25, 0.3) is 0 Å². The molecule has 0 bridgehead atoms. The van der Waals surface area contributed by atoms with Crippen LogP contribution in [0.1, 0.15) is 16.8 Å². The van der Waals surface area contributed by atoms with Crippen LogP contribution in [-0.2, 0) is 20.9 Å². The summed E-state index contributed by atoms with van der Waals surface area (Å²) in [6, 6.07) is 5.53. The minimum atomic E-state index is -1.57. The van der Waals surface area contributed by atoms with E-state index in [4.69, 9.17) is 28.3 Å². The van der Waals surface area contributed by atoms with Gasteiger partial charge in [-0.15, -0.1) is 0 Å². The van der Waals surface area contributed by atoms with Gasteiger partial charge in [-0.25, -0.2) is 4.39 Å². The van der Waals surface area contributed by atoms with Crippen molar-refractivity contribution in [2.75, 3.05) is 12.0 Å². The quantitative estimate of drug-likeness (QED) is 0.511. The van der Waals surface area contributed by atoms with Crippen LogP contribution in [0.2, 0.25) is 10.0 Å². The molecule has 1 atom stereocenters. The van der Waals surface area contributed by atoms with Gasteiger partial charge in [-0.2, -0.15) is 0 Å². The van der Waals surface area contributed by atoms with Gasteiger partial charge in [0.1, 0.15) is 24.9 Å². The fraction of sp³-hybridized carbons (Fsp3) is 0.211. The summed E-state index contributed by atoms with van der Waals surface area (Å²) in [6.07, 6.45) is 0.432. The fourth-order valence-electron chi connectivity index (χ4n) is 2.56. The van der Waals surface area contributed by atoms with Crippen molar-refractivity contribution >= 4 is 52.5 Å². The van der Waals surface area contributed by atoms with E-state index in [9.17, 15) is 28.4 Å². The lowest BCUT2D eigenvalue weighted by atomic mass is 10.1. The lowest BCUT2D eigenvalue weighted by Crippen LogP contribution is -2.45. The molecule has 0 radical (unpaired) electrons. The number of hydrogen-bond donors (Lipinski definition) is 3. The van der Waals surface area contributed by atoms with Crippen LogP contribution in [0.5, 0.6) is 0 Å². The van der Waals surface area contributed by atoms with E-state index in [-0.39, 0.29) is 21.3 Å². The molecule has 0 aliphatic carbocycles. The molecule has 12 heteroatoms. The number of anilines is 1. The van der Waals surface area contributed by atoms with E-state index in [0.717, 1.165) is 4.57 Å². The number of ketones is 1.